The number of thiophene rings is 2. The van der Waals surface area contributed by atoms with Crippen molar-refractivity contribution in [2.75, 3.05) is 0 Å². The Bertz CT molecular complexity index is 1390. The van der Waals surface area contributed by atoms with Crippen molar-refractivity contribution < 1.29 is 9.59 Å². The smallest absolute Gasteiger partial charge is 0.263 e. The zero-order valence-corrected chi connectivity index (χ0v) is 20.6. The van der Waals surface area contributed by atoms with E-state index in [9.17, 15) is 14.4 Å². The van der Waals surface area contributed by atoms with E-state index in [1.54, 1.807) is 6.07 Å². The molecule has 8 heteroatoms. The zero-order valence-electron chi connectivity index (χ0n) is 19.0. The molecule has 0 radical (unpaired) electrons. The minimum atomic E-state index is -0.471. The van der Waals surface area contributed by atoms with Crippen molar-refractivity contribution in [3.05, 3.63) is 73.8 Å². The predicted molar refractivity (Wildman–Crippen MR) is 134 cm³/mol. The van der Waals surface area contributed by atoms with Gasteiger partial charge in [0.05, 0.1) is 29.7 Å². The summed E-state index contributed by atoms with van der Waals surface area (Å²) in [5.74, 6) is -0.208. The molecule has 4 rings (SSSR count). The Morgan fingerprint density at radius 3 is 2.48 bits per heavy atom. The van der Waals surface area contributed by atoms with Crippen LogP contribution in [0.15, 0.2) is 53.6 Å². The molecule has 1 aromatic carbocycles. The summed E-state index contributed by atoms with van der Waals surface area (Å²) in [5, 5.41) is 3.44. The van der Waals surface area contributed by atoms with E-state index in [1.807, 2.05) is 64.1 Å². The van der Waals surface area contributed by atoms with Crippen LogP contribution in [0.2, 0.25) is 0 Å². The van der Waals surface area contributed by atoms with Gasteiger partial charge in [-0.3, -0.25) is 19.0 Å². The molecule has 0 spiro atoms. The lowest BCUT2D eigenvalue weighted by molar-refractivity contribution is -0.128. The molecule has 0 fully saturated rings. The van der Waals surface area contributed by atoms with Crippen LogP contribution in [0.3, 0.4) is 0 Å². The molecule has 3 heterocycles. The molecule has 0 saturated carbocycles. The van der Waals surface area contributed by atoms with Gasteiger partial charge in [0.25, 0.3) is 5.56 Å². The van der Waals surface area contributed by atoms with Gasteiger partial charge < -0.3 is 5.32 Å². The minimum absolute atomic E-state index is 0.0463. The van der Waals surface area contributed by atoms with Crippen molar-refractivity contribution in [2.24, 2.45) is 5.41 Å². The highest BCUT2D eigenvalue weighted by atomic mass is 32.1. The number of aryl methyl sites for hydroxylation is 1. The fraction of sp³-hybridized carbons (Fsp3) is 0.280. The number of amides is 1. The molecule has 4 aromatic rings. The highest BCUT2D eigenvalue weighted by Crippen LogP contribution is 2.35. The van der Waals surface area contributed by atoms with Gasteiger partial charge in [-0.05, 0) is 24.6 Å². The van der Waals surface area contributed by atoms with Crippen LogP contribution < -0.4 is 10.9 Å². The standard InChI is InChI=1S/C25H25N3O3S2/c1-15-20(16-8-6-5-7-9-16)21-22(32-15)27-14-28(23(21)30)13-18(29)19-11-10-17(33-19)12-26-24(31)25(2,3)4/h5-11,14H,12-13H2,1-4H3,(H,26,31). The molecule has 33 heavy (non-hydrogen) atoms. The van der Waals surface area contributed by atoms with Gasteiger partial charge in [-0.25, -0.2) is 4.98 Å². The maximum absolute atomic E-state index is 13.3. The molecule has 3 aromatic heterocycles. The number of ketones is 1. The van der Waals surface area contributed by atoms with Crippen LogP contribution >= 0.6 is 22.7 Å². The van der Waals surface area contributed by atoms with Gasteiger partial charge in [0, 0.05) is 20.7 Å². The average Bonchev–Trinajstić information content (AvgIpc) is 3.38. The summed E-state index contributed by atoms with van der Waals surface area (Å²) in [6, 6.07) is 13.3. The van der Waals surface area contributed by atoms with Gasteiger partial charge in [-0.1, -0.05) is 51.1 Å². The number of rotatable bonds is 6. The first kappa shape index (κ1) is 23.1. The second-order valence-corrected chi connectivity index (χ2v) is 11.3. The molecule has 1 amide bonds. The summed E-state index contributed by atoms with van der Waals surface area (Å²) in [4.78, 5) is 45.9. The molecule has 1 N–H and O–H groups in total. The van der Waals surface area contributed by atoms with Gasteiger partial charge in [0.1, 0.15) is 4.83 Å². The van der Waals surface area contributed by atoms with E-state index in [2.05, 4.69) is 10.3 Å². The van der Waals surface area contributed by atoms with Crippen LogP contribution in [0.4, 0.5) is 0 Å². The van der Waals surface area contributed by atoms with Crippen molar-refractivity contribution in [1.29, 1.82) is 0 Å². The van der Waals surface area contributed by atoms with Crippen LogP contribution in [-0.4, -0.2) is 21.2 Å². The largest absolute Gasteiger partial charge is 0.351 e. The molecule has 0 unspecified atom stereocenters. The lowest BCUT2D eigenvalue weighted by Gasteiger charge is -2.17. The second-order valence-electron chi connectivity index (χ2n) is 8.88. The third kappa shape index (κ3) is 4.82. The van der Waals surface area contributed by atoms with E-state index >= 15 is 0 Å². The van der Waals surface area contributed by atoms with Crippen molar-refractivity contribution in [1.82, 2.24) is 14.9 Å². The second kappa shape index (κ2) is 9.03. The number of carbonyl (C=O) groups is 2. The Morgan fingerprint density at radius 2 is 1.79 bits per heavy atom. The summed E-state index contributed by atoms with van der Waals surface area (Å²) in [6.07, 6.45) is 1.45. The topological polar surface area (TPSA) is 81.1 Å². The first-order valence-electron chi connectivity index (χ1n) is 10.6. The highest BCUT2D eigenvalue weighted by molar-refractivity contribution is 7.19. The molecular formula is C25H25N3O3S2. The Kier molecular flexibility index (Phi) is 6.32. The monoisotopic (exact) mass is 479 g/mol. The van der Waals surface area contributed by atoms with E-state index in [4.69, 9.17) is 0 Å². The Labute approximate surface area is 199 Å². The van der Waals surface area contributed by atoms with Crippen molar-refractivity contribution in [3.8, 4) is 11.1 Å². The Balaban J connectivity index is 1.57. The number of aromatic nitrogens is 2. The Hall–Kier alpha value is -3.10. The van der Waals surface area contributed by atoms with Crippen LogP contribution in [0.25, 0.3) is 21.3 Å². The van der Waals surface area contributed by atoms with Gasteiger partial charge in [0.15, 0.2) is 5.78 Å². The predicted octanol–water partition coefficient (Wildman–Crippen LogP) is 5.04. The Morgan fingerprint density at radius 1 is 1.06 bits per heavy atom. The molecule has 0 bridgehead atoms. The molecule has 0 aliphatic rings. The number of nitrogens with one attached hydrogen (secondary N) is 1. The molecule has 6 nitrogen and oxygen atoms in total. The number of fused-ring (bicyclic) bond motifs is 1. The number of nitrogens with zero attached hydrogens (tertiary/aromatic N) is 2. The summed E-state index contributed by atoms with van der Waals surface area (Å²) in [5.41, 5.74) is 1.15. The first-order valence-corrected chi connectivity index (χ1v) is 12.2. The molecule has 0 aliphatic carbocycles. The van der Waals surface area contributed by atoms with Gasteiger partial charge in [-0.2, -0.15) is 0 Å². The van der Waals surface area contributed by atoms with E-state index in [1.165, 1.54) is 33.6 Å². The number of carbonyl (C=O) groups excluding carboxylic acids is 2. The number of Topliss-reactive ketones (excluding diaryl/α,β-unsaturated/α-hetero) is 1. The maximum atomic E-state index is 13.3. The van der Waals surface area contributed by atoms with Crippen molar-refractivity contribution >= 4 is 44.6 Å². The number of benzene rings is 1. The van der Waals surface area contributed by atoms with E-state index in [-0.39, 0.29) is 23.8 Å². The normalized spacial score (nSPS) is 11.6. The summed E-state index contributed by atoms with van der Waals surface area (Å²) < 4.78 is 1.38. The van der Waals surface area contributed by atoms with Crippen LogP contribution in [-0.2, 0) is 17.9 Å². The zero-order chi connectivity index (χ0) is 23.8. The van der Waals surface area contributed by atoms with Gasteiger partial charge in [0.2, 0.25) is 5.91 Å². The quantitative estimate of drug-likeness (QED) is 0.393. The van der Waals surface area contributed by atoms with Crippen molar-refractivity contribution in [3.63, 3.8) is 0 Å². The lowest BCUT2D eigenvalue weighted by Crippen LogP contribution is -2.34. The summed E-state index contributed by atoms with van der Waals surface area (Å²) in [7, 11) is 0. The molecule has 0 aliphatic heterocycles. The van der Waals surface area contributed by atoms with Crippen LogP contribution in [0.5, 0.6) is 0 Å². The fourth-order valence-electron chi connectivity index (χ4n) is 3.49. The van der Waals surface area contributed by atoms with E-state index in [0.717, 1.165) is 20.9 Å². The number of hydrogen-bond donors (Lipinski definition) is 1. The first-order chi connectivity index (χ1) is 15.6. The van der Waals surface area contributed by atoms with Gasteiger partial charge in [-0.15, -0.1) is 22.7 Å². The SMILES string of the molecule is Cc1sc2ncn(CC(=O)c3ccc(CNC(=O)C(C)(C)C)s3)c(=O)c2c1-c1ccccc1. The molecule has 170 valence electrons. The van der Waals surface area contributed by atoms with Gasteiger partial charge >= 0.3 is 0 Å². The average molecular weight is 480 g/mol. The minimum Gasteiger partial charge on any atom is -0.351 e. The molecular weight excluding hydrogens is 454 g/mol. The molecule has 0 saturated heterocycles. The number of hydrogen-bond acceptors (Lipinski definition) is 6. The van der Waals surface area contributed by atoms with E-state index < -0.39 is 5.41 Å². The fourth-order valence-corrected chi connectivity index (χ4v) is 5.37. The van der Waals surface area contributed by atoms with Crippen LogP contribution in [0.1, 0.15) is 40.2 Å². The molecule has 0 atom stereocenters. The summed E-state index contributed by atoms with van der Waals surface area (Å²) in [6.45, 7) is 7.83. The lowest BCUT2D eigenvalue weighted by atomic mass is 9.96. The van der Waals surface area contributed by atoms with Crippen molar-refractivity contribution in [2.45, 2.75) is 40.8 Å². The third-order valence-electron chi connectivity index (χ3n) is 5.27. The summed E-state index contributed by atoms with van der Waals surface area (Å²) >= 11 is 2.81. The van der Waals surface area contributed by atoms with Crippen LogP contribution in [0, 0.1) is 12.3 Å². The van der Waals surface area contributed by atoms with E-state index in [0.29, 0.717) is 21.6 Å². The maximum Gasteiger partial charge on any atom is 0.263 e. The highest BCUT2D eigenvalue weighted by Gasteiger charge is 2.21. The third-order valence-corrected chi connectivity index (χ3v) is 7.41.